The van der Waals surface area contributed by atoms with Crippen LogP contribution in [0.3, 0.4) is 0 Å². The number of halogens is 1. The molecule has 0 aliphatic carbocycles. The SMILES string of the molecule is CN=C(NCc1cccc(OC)c1)NC(C)Cc1c(C)nn(C)c1C.I. The maximum atomic E-state index is 5.26. The first kappa shape index (κ1) is 22.3. The topological polar surface area (TPSA) is 63.5 Å². The predicted octanol–water partition coefficient (Wildman–Crippen LogP) is 2.96. The molecule has 26 heavy (non-hydrogen) atoms. The van der Waals surface area contributed by atoms with Crippen LogP contribution in [0.15, 0.2) is 29.3 Å². The van der Waals surface area contributed by atoms with Gasteiger partial charge in [-0.3, -0.25) is 9.67 Å². The van der Waals surface area contributed by atoms with E-state index in [1.54, 1.807) is 14.2 Å². The monoisotopic (exact) mass is 471 g/mol. The Morgan fingerprint density at radius 1 is 1.35 bits per heavy atom. The van der Waals surface area contributed by atoms with Crippen molar-refractivity contribution in [2.75, 3.05) is 14.2 Å². The van der Waals surface area contributed by atoms with Gasteiger partial charge in [0, 0.05) is 32.4 Å². The molecule has 1 atom stereocenters. The van der Waals surface area contributed by atoms with E-state index in [0.717, 1.165) is 29.4 Å². The Kier molecular flexibility index (Phi) is 8.91. The van der Waals surface area contributed by atoms with Crippen LogP contribution in [0, 0.1) is 13.8 Å². The van der Waals surface area contributed by atoms with E-state index in [0.29, 0.717) is 6.54 Å². The molecule has 0 aliphatic heterocycles. The van der Waals surface area contributed by atoms with Crippen molar-refractivity contribution in [3.8, 4) is 5.75 Å². The first-order valence-electron chi connectivity index (χ1n) is 8.53. The zero-order valence-electron chi connectivity index (χ0n) is 16.5. The van der Waals surface area contributed by atoms with Gasteiger partial charge in [0.2, 0.25) is 0 Å². The number of aryl methyl sites for hydroxylation is 2. The average molecular weight is 471 g/mol. The molecule has 0 aliphatic rings. The third-order valence-corrected chi connectivity index (χ3v) is 4.37. The standard InChI is InChI=1S/C19H29N5O.HI/c1-13(10-18-14(2)23-24(5)15(18)3)22-19(20-4)21-12-16-8-7-9-17(11-16)25-6;/h7-9,11,13H,10,12H2,1-6H3,(H2,20,21,22);1H. The third kappa shape index (κ3) is 5.89. The molecule has 2 rings (SSSR count). The van der Waals surface area contributed by atoms with Gasteiger partial charge in [-0.25, -0.2) is 0 Å². The summed E-state index contributed by atoms with van der Waals surface area (Å²) in [6, 6.07) is 8.26. The van der Waals surface area contributed by atoms with Gasteiger partial charge in [-0.2, -0.15) is 5.10 Å². The molecule has 1 unspecified atom stereocenters. The summed E-state index contributed by atoms with van der Waals surface area (Å²) < 4.78 is 7.20. The highest BCUT2D eigenvalue weighted by Crippen LogP contribution is 2.14. The molecule has 0 saturated heterocycles. The minimum atomic E-state index is 0. The third-order valence-electron chi connectivity index (χ3n) is 4.37. The van der Waals surface area contributed by atoms with Gasteiger partial charge >= 0.3 is 0 Å². The molecular weight excluding hydrogens is 441 g/mol. The quantitative estimate of drug-likeness (QED) is 0.387. The summed E-state index contributed by atoms with van der Waals surface area (Å²) in [6.45, 7) is 7.02. The number of rotatable bonds is 6. The molecule has 1 heterocycles. The van der Waals surface area contributed by atoms with E-state index in [9.17, 15) is 0 Å². The molecule has 144 valence electrons. The van der Waals surface area contributed by atoms with Crippen LogP contribution in [0.1, 0.15) is 29.4 Å². The number of nitrogens with one attached hydrogen (secondary N) is 2. The molecule has 1 aromatic heterocycles. The van der Waals surface area contributed by atoms with Gasteiger partial charge in [0.25, 0.3) is 0 Å². The molecule has 0 radical (unpaired) electrons. The number of aliphatic imine (C=N–C) groups is 1. The second kappa shape index (κ2) is 10.4. The summed E-state index contributed by atoms with van der Waals surface area (Å²) in [4.78, 5) is 4.32. The number of benzene rings is 1. The molecule has 6 nitrogen and oxygen atoms in total. The van der Waals surface area contributed by atoms with Crippen molar-refractivity contribution in [1.29, 1.82) is 0 Å². The zero-order valence-corrected chi connectivity index (χ0v) is 18.8. The number of hydrogen-bond acceptors (Lipinski definition) is 3. The number of ether oxygens (including phenoxy) is 1. The summed E-state index contributed by atoms with van der Waals surface area (Å²) in [5.41, 5.74) is 4.75. The Hall–Kier alpha value is -1.77. The first-order valence-corrected chi connectivity index (χ1v) is 8.53. The molecule has 0 bridgehead atoms. The van der Waals surface area contributed by atoms with Crippen LogP contribution in [-0.4, -0.2) is 35.9 Å². The van der Waals surface area contributed by atoms with Gasteiger partial charge in [-0.05, 0) is 50.5 Å². The van der Waals surface area contributed by atoms with Crippen LogP contribution >= 0.6 is 24.0 Å². The molecular formula is C19H30IN5O. The van der Waals surface area contributed by atoms with Crippen LogP contribution in [-0.2, 0) is 20.0 Å². The fraction of sp³-hybridized carbons (Fsp3) is 0.474. The first-order chi connectivity index (χ1) is 11.9. The molecule has 2 aromatic rings. The predicted molar refractivity (Wildman–Crippen MR) is 118 cm³/mol. The van der Waals surface area contributed by atoms with Gasteiger partial charge in [-0.1, -0.05) is 12.1 Å². The maximum absolute atomic E-state index is 5.26. The van der Waals surface area contributed by atoms with E-state index in [1.165, 1.54) is 11.3 Å². The fourth-order valence-corrected chi connectivity index (χ4v) is 2.87. The highest BCUT2D eigenvalue weighted by molar-refractivity contribution is 14.0. The van der Waals surface area contributed by atoms with Crippen molar-refractivity contribution in [2.24, 2.45) is 12.0 Å². The van der Waals surface area contributed by atoms with Crippen molar-refractivity contribution in [3.63, 3.8) is 0 Å². The van der Waals surface area contributed by atoms with Crippen molar-refractivity contribution >= 4 is 29.9 Å². The summed E-state index contributed by atoms with van der Waals surface area (Å²) >= 11 is 0. The molecule has 7 heteroatoms. The van der Waals surface area contributed by atoms with Gasteiger partial charge in [0.05, 0.1) is 12.8 Å². The van der Waals surface area contributed by atoms with E-state index < -0.39 is 0 Å². The van der Waals surface area contributed by atoms with E-state index in [-0.39, 0.29) is 30.0 Å². The smallest absolute Gasteiger partial charge is 0.191 e. The normalized spacial score (nSPS) is 12.3. The lowest BCUT2D eigenvalue weighted by Crippen LogP contribution is -2.42. The Morgan fingerprint density at radius 2 is 2.08 bits per heavy atom. The van der Waals surface area contributed by atoms with Crippen LogP contribution in [0.5, 0.6) is 5.75 Å². The summed E-state index contributed by atoms with van der Waals surface area (Å²) in [5, 5.41) is 11.3. The van der Waals surface area contributed by atoms with E-state index >= 15 is 0 Å². The Bertz CT molecular complexity index is 742. The number of methoxy groups -OCH3 is 1. The zero-order chi connectivity index (χ0) is 18.4. The fourth-order valence-electron chi connectivity index (χ4n) is 2.87. The summed E-state index contributed by atoms with van der Waals surface area (Å²) in [6.07, 6.45) is 0.908. The van der Waals surface area contributed by atoms with Gasteiger partial charge in [-0.15, -0.1) is 24.0 Å². The summed E-state index contributed by atoms with van der Waals surface area (Å²) in [5.74, 6) is 1.65. The van der Waals surface area contributed by atoms with Crippen LogP contribution in [0.25, 0.3) is 0 Å². The Labute approximate surface area is 173 Å². The van der Waals surface area contributed by atoms with Gasteiger partial charge < -0.3 is 15.4 Å². The number of aromatic nitrogens is 2. The van der Waals surface area contributed by atoms with E-state index in [2.05, 4.69) is 47.6 Å². The average Bonchev–Trinajstić information content (AvgIpc) is 2.84. The number of nitrogens with zero attached hydrogens (tertiary/aromatic N) is 3. The van der Waals surface area contributed by atoms with Gasteiger partial charge in [0.1, 0.15) is 5.75 Å². The Morgan fingerprint density at radius 3 is 2.65 bits per heavy atom. The molecule has 0 fully saturated rings. The number of hydrogen-bond donors (Lipinski definition) is 2. The molecule has 1 aromatic carbocycles. The lowest BCUT2D eigenvalue weighted by molar-refractivity contribution is 0.414. The second-order valence-electron chi connectivity index (χ2n) is 6.30. The van der Waals surface area contributed by atoms with Crippen molar-refractivity contribution in [2.45, 2.75) is 39.8 Å². The van der Waals surface area contributed by atoms with Gasteiger partial charge in [0.15, 0.2) is 5.96 Å². The van der Waals surface area contributed by atoms with Crippen molar-refractivity contribution in [3.05, 3.63) is 46.8 Å². The minimum absolute atomic E-state index is 0. The lowest BCUT2D eigenvalue weighted by Gasteiger charge is -2.18. The van der Waals surface area contributed by atoms with Crippen LogP contribution < -0.4 is 15.4 Å². The largest absolute Gasteiger partial charge is 0.497 e. The lowest BCUT2D eigenvalue weighted by atomic mass is 10.1. The minimum Gasteiger partial charge on any atom is -0.497 e. The molecule has 0 amide bonds. The molecule has 0 saturated carbocycles. The maximum Gasteiger partial charge on any atom is 0.191 e. The van der Waals surface area contributed by atoms with Crippen LogP contribution in [0.4, 0.5) is 0 Å². The highest BCUT2D eigenvalue weighted by Gasteiger charge is 2.14. The van der Waals surface area contributed by atoms with Crippen molar-refractivity contribution in [1.82, 2.24) is 20.4 Å². The van der Waals surface area contributed by atoms with Crippen LogP contribution in [0.2, 0.25) is 0 Å². The molecule has 0 spiro atoms. The highest BCUT2D eigenvalue weighted by atomic mass is 127. The second-order valence-corrected chi connectivity index (χ2v) is 6.30. The van der Waals surface area contributed by atoms with E-state index in [4.69, 9.17) is 4.74 Å². The van der Waals surface area contributed by atoms with Crippen molar-refractivity contribution < 1.29 is 4.74 Å². The number of guanidine groups is 1. The Balaban J connectivity index is 0.00000338. The molecule has 2 N–H and O–H groups in total. The summed E-state index contributed by atoms with van der Waals surface area (Å²) in [7, 11) is 5.45. The van der Waals surface area contributed by atoms with E-state index in [1.807, 2.05) is 29.9 Å².